The predicted octanol–water partition coefficient (Wildman–Crippen LogP) is 2.95. The molecule has 0 bridgehead atoms. The lowest BCUT2D eigenvalue weighted by atomic mass is 10.0. The second kappa shape index (κ2) is 7.79. The first-order chi connectivity index (χ1) is 9.22. The third-order valence-corrected chi connectivity index (χ3v) is 2.34. The summed E-state index contributed by atoms with van der Waals surface area (Å²) in [6.45, 7) is 2.06. The maximum Gasteiger partial charge on any atom is 0.331 e. The van der Waals surface area contributed by atoms with Gasteiger partial charge < -0.3 is 9.47 Å². The minimum absolute atomic E-state index is 0.0513. The lowest BCUT2D eigenvalue weighted by molar-refractivity contribution is -0.137. The standard InChI is InChI=1S/C13H15N3O3/c1-3-19-13(17)8-10(9-15-16-14)11-6-4-5-7-12(11)18-2/h4-8H,3,9H2,1-2H3/b10-8+. The van der Waals surface area contributed by atoms with Gasteiger partial charge in [-0.15, -0.1) is 0 Å². The topological polar surface area (TPSA) is 84.3 Å². The van der Waals surface area contributed by atoms with Crippen molar-refractivity contribution in [1.29, 1.82) is 0 Å². The van der Waals surface area contributed by atoms with Crippen LogP contribution in [0.5, 0.6) is 5.75 Å². The number of rotatable bonds is 6. The molecule has 6 nitrogen and oxygen atoms in total. The fraction of sp³-hybridized carbons (Fsp3) is 0.308. The summed E-state index contributed by atoms with van der Waals surface area (Å²) in [5, 5.41) is 3.49. The minimum Gasteiger partial charge on any atom is -0.496 e. The van der Waals surface area contributed by atoms with Crippen molar-refractivity contribution in [3.8, 4) is 5.75 Å². The molecule has 0 fully saturated rings. The normalized spacial score (nSPS) is 10.5. The average Bonchev–Trinajstić information content (AvgIpc) is 2.43. The third-order valence-electron chi connectivity index (χ3n) is 2.34. The lowest BCUT2D eigenvalue weighted by Gasteiger charge is -2.10. The van der Waals surface area contributed by atoms with Crippen LogP contribution in [0, 0.1) is 0 Å². The zero-order valence-electron chi connectivity index (χ0n) is 10.9. The Morgan fingerprint density at radius 3 is 2.84 bits per heavy atom. The Hall–Kier alpha value is -2.46. The second-order valence-corrected chi connectivity index (χ2v) is 3.51. The van der Waals surface area contributed by atoms with Gasteiger partial charge in [-0.2, -0.15) is 0 Å². The van der Waals surface area contributed by atoms with Crippen molar-refractivity contribution in [1.82, 2.24) is 0 Å². The summed E-state index contributed by atoms with van der Waals surface area (Å²) in [4.78, 5) is 14.2. The Bertz CT molecular complexity index is 520. The molecule has 0 radical (unpaired) electrons. The Morgan fingerprint density at radius 2 is 2.21 bits per heavy atom. The molecule has 0 heterocycles. The van der Waals surface area contributed by atoms with E-state index in [0.717, 1.165) is 0 Å². The summed E-state index contributed by atoms with van der Waals surface area (Å²) in [6.07, 6.45) is 1.32. The Morgan fingerprint density at radius 1 is 1.47 bits per heavy atom. The fourth-order valence-corrected chi connectivity index (χ4v) is 1.55. The molecule has 0 saturated heterocycles. The molecule has 0 aromatic heterocycles. The molecule has 1 aromatic carbocycles. The van der Waals surface area contributed by atoms with Crippen LogP contribution in [0.4, 0.5) is 0 Å². The number of azide groups is 1. The molecule has 0 aliphatic heterocycles. The number of hydrogen-bond acceptors (Lipinski definition) is 4. The SMILES string of the molecule is CCOC(=O)/C=C(\CN=[N+]=[N-])c1ccccc1OC. The number of carbonyl (C=O) groups excluding carboxylic acids is 1. The van der Waals surface area contributed by atoms with Gasteiger partial charge in [0.1, 0.15) is 5.75 Å². The number of para-hydroxylation sites is 1. The van der Waals surface area contributed by atoms with E-state index < -0.39 is 5.97 Å². The predicted molar refractivity (Wildman–Crippen MR) is 71.6 cm³/mol. The summed E-state index contributed by atoms with van der Waals surface area (Å²) < 4.78 is 10.1. The quantitative estimate of drug-likeness (QED) is 0.259. The van der Waals surface area contributed by atoms with Gasteiger partial charge in [-0.3, -0.25) is 0 Å². The van der Waals surface area contributed by atoms with E-state index >= 15 is 0 Å². The molecule has 1 rings (SSSR count). The van der Waals surface area contributed by atoms with Gasteiger partial charge in [-0.25, -0.2) is 4.79 Å². The molecule has 0 amide bonds. The van der Waals surface area contributed by atoms with Crippen LogP contribution in [0.15, 0.2) is 35.5 Å². The van der Waals surface area contributed by atoms with E-state index in [2.05, 4.69) is 10.0 Å². The smallest absolute Gasteiger partial charge is 0.331 e. The van der Waals surface area contributed by atoms with Crippen LogP contribution >= 0.6 is 0 Å². The van der Waals surface area contributed by atoms with Crippen LogP contribution in [0.1, 0.15) is 12.5 Å². The maximum absolute atomic E-state index is 11.5. The molecule has 0 aliphatic rings. The first-order valence-electron chi connectivity index (χ1n) is 5.74. The highest BCUT2D eigenvalue weighted by atomic mass is 16.5. The fourth-order valence-electron chi connectivity index (χ4n) is 1.55. The first kappa shape index (κ1) is 14.6. The van der Waals surface area contributed by atoms with Gasteiger partial charge in [-0.05, 0) is 24.1 Å². The van der Waals surface area contributed by atoms with Crippen molar-refractivity contribution in [2.75, 3.05) is 20.3 Å². The van der Waals surface area contributed by atoms with Crippen molar-refractivity contribution in [2.24, 2.45) is 5.11 Å². The summed E-state index contributed by atoms with van der Waals surface area (Å²) in [5.41, 5.74) is 9.66. The molecule has 0 N–H and O–H groups in total. The number of carbonyl (C=O) groups is 1. The van der Waals surface area contributed by atoms with Crippen molar-refractivity contribution in [3.05, 3.63) is 46.3 Å². The molecule has 0 unspecified atom stereocenters. The number of ether oxygens (including phenoxy) is 2. The number of benzene rings is 1. The first-order valence-corrected chi connectivity index (χ1v) is 5.74. The minimum atomic E-state index is -0.475. The third kappa shape index (κ3) is 4.37. The summed E-state index contributed by atoms with van der Waals surface area (Å²) >= 11 is 0. The zero-order valence-corrected chi connectivity index (χ0v) is 10.9. The van der Waals surface area contributed by atoms with Crippen LogP contribution in [0.3, 0.4) is 0 Å². The van der Waals surface area contributed by atoms with Crippen LogP contribution in [0.2, 0.25) is 0 Å². The molecule has 0 atom stereocenters. The van der Waals surface area contributed by atoms with Gasteiger partial charge in [-0.1, -0.05) is 23.3 Å². The largest absolute Gasteiger partial charge is 0.496 e. The lowest BCUT2D eigenvalue weighted by Crippen LogP contribution is -2.03. The van der Waals surface area contributed by atoms with Crippen molar-refractivity contribution in [2.45, 2.75) is 6.92 Å². The highest BCUT2D eigenvalue weighted by molar-refractivity contribution is 5.92. The monoisotopic (exact) mass is 261 g/mol. The van der Waals surface area contributed by atoms with E-state index in [1.807, 2.05) is 12.1 Å². The van der Waals surface area contributed by atoms with Crippen molar-refractivity contribution < 1.29 is 14.3 Å². The van der Waals surface area contributed by atoms with Crippen LogP contribution in [-0.2, 0) is 9.53 Å². The van der Waals surface area contributed by atoms with Gasteiger partial charge in [0.2, 0.25) is 0 Å². The summed E-state index contributed by atoms with van der Waals surface area (Å²) in [5.74, 6) is 0.128. The van der Waals surface area contributed by atoms with Crippen molar-refractivity contribution in [3.63, 3.8) is 0 Å². The molecule has 0 aliphatic carbocycles. The van der Waals surface area contributed by atoms with Gasteiger partial charge in [0.05, 0.1) is 20.3 Å². The highest BCUT2D eigenvalue weighted by Gasteiger charge is 2.09. The maximum atomic E-state index is 11.5. The number of nitrogens with zero attached hydrogens (tertiary/aromatic N) is 3. The molecule has 0 spiro atoms. The number of esters is 1. The van der Waals surface area contributed by atoms with Crippen LogP contribution in [-0.4, -0.2) is 26.2 Å². The Kier molecular flexibility index (Phi) is 5.98. The Labute approximate surface area is 111 Å². The molecule has 1 aromatic rings. The van der Waals surface area contributed by atoms with E-state index in [4.69, 9.17) is 15.0 Å². The van der Waals surface area contributed by atoms with E-state index in [0.29, 0.717) is 16.9 Å². The van der Waals surface area contributed by atoms with E-state index in [-0.39, 0.29) is 13.2 Å². The number of methoxy groups -OCH3 is 1. The molecule has 0 saturated carbocycles. The molecule has 19 heavy (non-hydrogen) atoms. The van der Waals surface area contributed by atoms with E-state index in [9.17, 15) is 4.79 Å². The summed E-state index contributed by atoms with van der Waals surface area (Å²) in [6, 6.07) is 7.19. The van der Waals surface area contributed by atoms with Gasteiger partial charge in [0.25, 0.3) is 0 Å². The Balaban J connectivity index is 3.15. The number of hydrogen-bond donors (Lipinski definition) is 0. The van der Waals surface area contributed by atoms with Gasteiger partial charge >= 0.3 is 5.97 Å². The van der Waals surface area contributed by atoms with Gasteiger partial charge in [0, 0.05) is 16.6 Å². The highest BCUT2D eigenvalue weighted by Crippen LogP contribution is 2.26. The zero-order chi connectivity index (χ0) is 14.1. The van der Waals surface area contributed by atoms with E-state index in [1.54, 1.807) is 19.1 Å². The molecule has 100 valence electrons. The molecular weight excluding hydrogens is 246 g/mol. The van der Waals surface area contributed by atoms with Gasteiger partial charge in [0.15, 0.2) is 0 Å². The van der Waals surface area contributed by atoms with E-state index in [1.165, 1.54) is 13.2 Å². The molecular formula is C13H15N3O3. The molecule has 6 heteroatoms. The summed E-state index contributed by atoms with van der Waals surface area (Å²) in [7, 11) is 1.54. The second-order valence-electron chi connectivity index (χ2n) is 3.51. The van der Waals surface area contributed by atoms with Crippen LogP contribution in [0.25, 0.3) is 16.0 Å². The van der Waals surface area contributed by atoms with Crippen LogP contribution < -0.4 is 4.74 Å². The van der Waals surface area contributed by atoms with Crippen molar-refractivity contribution >= 4 is 11.5 Å². The average molecular weight is 261 g/mol.